The lowest BCUT2D eigenvalue weighted by Gasteiger charge is -2.02. The quantitative estimate of drug-likeness (QED) is 0.864. The third kappa shape index (κ3) is 4.12. The van der Waals surface area contributed by atoms with E-state index in [4.69, 9.17) is 11.6 Å². The van der Waals surface area contributed by atoms with E-state index in [0.717, 1.165) is 16.1 Å². The molecule has 0 amide bonds. The number of benzene rings is 1. The van der Waals surface area contributed by atoms with Crippen LogP contribution in [0.4, 0.5) is 0 Å². The van der Waals surface area contributed by atoms with E-state index in [1.807, 2.05) is 36.4 Å². The molecule has 0 aliphatic heterocycles. The highest BCUT2D eigenvalue weighted by Gasteiger charge is 2.02. The van der Waals surface area contributed by atoms with Gasteiger partial charge in [-0.15, -0.1) is 0 Å². The summed E-state index contributed by atoms with van der Waals surface area (Å²) in [5, 5.41) is 0.687. The SMILES string of the molecule is O=Cc1[nH]cnccccc1Sc1ccc(Cl)cc1. The summed E-state index contributed by atoms with van der Waals surface area (Å²) in [4.78, 5) is 19.8. The summed E-state index contributed by atoms with van der Waals surface area (Å²) >= 11 is 7.33. The van der Waals surface area contributed by atoms with Crippen molar-refractivity contribution in [2.45, 2.75) is 9.79 Å². The number of carbonyl (C=O) groups is 1. The zero-order chi connectivity index (χ0) is 13.5. The number of aromatic nitrogens is 2. The predicted octanol–water partition coefficient (Wildman–Crippen LogP) is 4.15. The van der Waals surface area contributed by atoms with Crippen LogP contribution in [-0.2, 0) is 0 Å². The van der Waals surface area contributed by atoms with E-state index in [1.54, 1.807) is 12.3 Å². The van der Waals surface area contributed by atoms with Crippen LogP contribution in [0.2, 0.25) is 5.02 Å². The number of nitrogens with zero attached hydrogens (tertiary/aromatic N) is 1. The maximum atomic E-state index is 11.1. The van der Waals surface area contributed by atoms with Gasteiger partial charge >= 0.3 is 0 Å². The third-order valence-electron chi connectivity index (χ3n) is 2.25. The molecule has 0 bridgehead atoms. The van der Waals surface area contributed by atoms with Crippen LogP contribution in [0.15, 0.2) is 64.8 Å². The number of H-pyrrole nitrogens is 1. The topological polar surface area (TPSA) is 45.8 Å². The van der Waals surface area contributed by atoms with Gasteiger partial charge in [-0.1, -0.05) is 29.4 Å². The molecule has 0 aliphatic carbocycles. The number of halogens is 1. The van der Waals surface area contributed by atoms with Crippen LogP contribution in [0.5, 0.6) is 0 Å². The van der Waals surface area contributed by atoms with Gasteiger partial charge < -0.3 is 4.98 Å². The van der Waals surface area contributed by atoms with Crippen LogP contribution < -0.4 is 0 Å². The van der Waals surface area contributed by atoms with Gasteiger partial charge in [0.25, 0.3) is 0 Å². The normalized spacial score (nSPS) is 9.74. The minimum Gasteiger partial charge on any atom is -0.343 e. The van der Waals surface area contributed by atoms with Crippen molar-refractivity contribution >= 4 is 29.6 Å². The molecule has 1 aromatic carbocycles. The van der Waals surface area contributed by atoms with Gasteiger partial charge in [0.2, 0.25) is 0 Å². The Morgan fingerprint density at radius 2 is 1.95 bits per heavy atom. The van der Waals surface area contributed by atoms with Gasteiger partial charge in [-0.05, 0) is 36.4 Å². The molecule has 0 spiro atoms. The van der Waals surface area contributed by atoms with Crippen molar-refractivity contribution in [1.29, 1.82) is 0 Å². The lowest BCUT2D eigenvalue weighted by Crippen LogP contribution is -1.86. The highest BCUT2D eigenvalue weighted by atomic mass is 35.5. The Labute approximate surface area is 120 Å². The van der Waals surface area contributed by atoms with Gasteiger partial charge in [0.1, 0.15) is 0 Å². The molecule has 1 N–H and O–H groups in total. The summed E-state index contributed by atoms with van der Waals surface area (Å²) < 4.78 is 0. The molecule has 0 radical (unpaired) electrons. The molecule has 0 aliphatic rings. The number of hydrogen-bond donors (Lipinski definition) is 1. The Morgan fingerprint density at radius 1 is 1.16 bits per heavy atom. The second-order valence-electron chi connectivity index (χ2n) is 3.57. The Balaban J connectivity index is 2.41. The number of hydrogen-bond acceptors (Lipinski definition) is 3. The lowest BCUT2D eigenvalue weighted by molar-refractivity contribution is 0.111. The summed E-state index contributed by atoms with van der Waals surface area (Å²) in [5.41, 5.74) is 0.476. The average molecular weight is 291 g/mol. The zero-order valence-corrected chi connectivity index (χ0v) is 11.5. The molecule has 0 saturated carbocycles. The molecule has 0 atom stereocenters. The van der Waals surface area contributed by atoms with Crippen molar-refractivity contribution in [3.05, 3.63) is 65.7 Å². The van der Waals surface area contributed by atoms with Gasteiger partial charge in [-0.3, -0.25) is 4.79 Å². The van der Waals surface area contributed by atoms with Crippen LogP contribution in [-0.4, -0.2) is 16.3 Å². The molecule has 0 fully saturated rings. The van der Waals surface area contributed by atoms with E-state index in [1.165, 1.54) is 18.1 Å². The Morgan fingerprint density at radius 3 is 2.68 bits per heavy atom. The first-order chi connectivity index (χ1) is 9.29. The van der Waals surface area contributed by atoms with E-state index in [2.05, 4.69) is 9.97 Å². The van der Waals surface area contributed by atoms with Crippen LogP contribution in [0.3, 0.4) is 0 Å². The smallest absolute Gasteiger partial charge is 0.167 e. The Kier molecular flexibility index (Phi) is 5.01. The Bertz CT molecular complexity index is 609. The number of rotatable bonds is 3. The molecule has 5 heteroatoms. The standard InChI is InChI=1S/C14H11ClN2OS/c15-11-4-6-12(7-5-11)19-14-3-1-2-8-16-10-17-13(14)9-18/h1-10H,(H,16,17). The fraction of sp³-hybridized carbons (Fsp3) is 0. The minimum absolute atomic E-state index is 0.476. The molecular weight excluding hydrogens is 280 g/mol. The molecule has 0 unspecified atom stereocenters. The van der Waals surface area contributed by atoms with Crippen molar-refractivity contribution < 1.29 is 4.79 Å². The largest absolute Gasteiger partial charge is 0.343 e. The van der Waals surface area contributed by atoms with Gasteiger partial charge in [-0.25, -0.2) is 4.98 Å². The maximum absolute atomic E-state index is 11.1. The molecule has 3 nitrogen and oxygen atoms in total. The molecule has 96 valence electrons. The monoisotopic (exact) mass is 290 g/mol. The van der Waals surface area contributed by atoms with Crippen molar-refractivity contribution in [1.82, 2.24) is 9.97 Å². The minimum atomic E-state index is 0.476. The summed E-state index contributed by atoms with van der Waals surface area (Å²) in [6.45, 7) is 0. The van der Waals surface area contributed by atoms with Crippen molar-refractivity contribution in [2.75, 3.05) is 0 Å². The van der Waals surface area contributed by atoms with Crippen LogP contribution in [0, 0.1) is 0 Å². The van der Waals surface area contributed by atoms with E-state index < -0.39 is 0 Å². The van der Waals surface area contributed by atoms with Gasteiger partial charge in [0, 0.05) is 21.0 Å². The number of aldehydes is 1. The molecule has 2 aromatic rings. The highest BCUT2D eigenvalue weighted by molar-refractivity contribution is 7.99. The van der Waals surface area contributed by atoms with Crippen molar-refractivity contribution in [2.24, 2.45) is 0 Å². The second kappa shape index (κ2) is 6.97. The van der Waals surface area contributed by atoms with Crippen LogP contribution in [0.1, 0.15) is 10.5 Å². The maximum Gasteiger partial charge on any atom is 0.167 e. The molecule has 2 rings (SSSR count). The third-order valence-corrected chi connectivity index (χ3v) is 3.59. The summed E-state index contributed by atoms with van der Waals surface area (Å²) in [6.07, 6.45) is 3.90. The number of aromatic amines is 1. The first kappa shape index (κ1) is 13.6. The predicted molar refractivity (Wildman–Crippen MR) is 77.2 cm³/mol. The van der Waals surface area contributed by atoms with E-state index in [0.29, 0.717) is 10.7 Å². The number of nitrogens with one attached hydrogen (secondary N) is 1. The molecule has 0 saturated heterocycles. The van der Waals surface area contributed by atoms with Crippen LogP contribution >= 0.6 is 23.4 Å². The number of carbonyl (C=O) groups excluding carboxylic acids is 1. The molecular formula is C14H11ClN2OS. The summed E-state index contributed by atoms with van der Waals surface area (Å²) in [7, 11) is 0. The fourth-order valence-electron chi connectivity index (χ4n) is 1.36. The fourth-order valence-corrected chi connectivity index (χ4v) is 2.38. The van der Waals surface area contributed by atoms with E-state index in [-0.39, 0.29) is 0 Å². The van der Waals surface area contributed by atoms with Gasteiger partial charge in [0.15, 0.2) is 6.29 Å². The lowest BCUT2D eigenvalue weighted by atomic mass is 10.4. The van der Waals surface area contributed by atoms with Gasteiger partial charge in [-0.2, -0.15) is 0 Å². The van der Waals surface area contributed by atoms with Gasteiger partial charge in [0.05, 0.1) is 12.0 Å². The van der Waals surface area contributed by atoms with Crippen molar-refractivity contribution in [3.63, 3.8) is 0 Å². The first-order valence-electron chi connectivity index (χ1n) is 5.54. The highest BCUT2D eigenvalue weighted by Crippen LogP contribution is 2.29. The van der Waals surface area contributed by atoms with E-state index >= 15 is 0 Å². The Hall–Kier alpha value is -1.78. The first-order valence-corrected chi connectivity index (χ1v) is 6.73. The molecule has 19 heavy (non-hydrogen) atoms. The zero-order valence-electron chi connectivity index (χ0n) is 9.92. The van der Waals surface area contributed by atoms with Crippen LogP contribution in [0.25, 0.3) is 0 Å². The van der Waals surface area contributed by atoms with E-state index in [9.17, 15) is 4.79 Å². The van der Waals surface area contributed by atoms with Crippen molar-refractivity contribution in [3.8, 4) is 0 Å². The second-order valence-corrected chi connectivity index (χ2v) is 5.13. The average Bonchev–Trinajstić information content (AvgIpc) is 2.53. The molecule has 1 aromatic heterocycles. The summed E-state index contributed by atoms with van der Waals surface area (Å²) in [5.74, 6) is 0. The molecule has 1 heterocycles. The summed E-state index contributed by atoms with van der Waals surface area (Å²) in [6, 6.07) is 13.0.